The summed E-state index contributed by atoms with van der Waals surface area (Å²) < 4.78 is 7.73. The van der Waals surface area contributed by atoms with E-state index in [1.807, 2.05) is 18.0 Å². The number of ether oxygens (including phenoxy) is 1. The zero-order valence-electron chi connectivity index (χ0n) is 14.0. The van der Waals surface area contributed by atoms with Crippen LogP contribution in [0.3, 0.4) is 0 Å². The van der Waals surface area contributed by atoms with E-state index in [0.29, 0.717) is 11.6 Å². The van der Waals surface area contributed by atoms with E-state index in [-0.39, 0.29) is 11.5 Å². The Bertz CT molecular complexity index is 544. The fraction of sp³-hybridized carbons (Fsp3) is 0.765. The van der Waals surface area contributed by atoms with Crippen LogP contribution in [0.1, 0.15) is 68.1 Å². The third-order valence-electron chi connectivity index (χ3n) is 5.08. The molecule has 3 heterocycles. The van der Waals surface area contributed by atoms with Crippen molar-refractivity contribution in [2.75, 3.05) is 19.7 Å². The molecule has 0 bridgehead atoms. The molecule has 2 aliphatic rings. The van der Waals surface area contributed by atoms with E-state index in [1.54, 1.807) is 4.68 Å². The number of hydrogen-bond donors (Lipinski definition) is 0. The van der Waals surface area contributed by atoms with E-state index in [9.17, 15) is 4.79 Å². The predicted molar refractivity (Wildman–Crippen MR) is 85.0 cm³/mol. The minimum atomic E-state index is 0.0462. The van der Waals surface area contributed by atoms with Crippen LogP contribution in [0, 0.1) is 0 Å². The quantitative estimate of drug-likeness (QED) is 0.844. The van der Waals surface area contributed by atoms with E-state index in [4.69, 9.17) is 4.74 Å². The number of hydrogen-bond acceptors (Lipinski definition) is 3. The van der Waals surface area contributed by atoms with Gasteiger partial charge in [-0.2, -0.15) is 5.10 Å². The summed E-state index contributed by atoms with van der Waals surface area (Å²) in [6, 6.07) is 1.94. The first-order chi connectivity index (χ1) is 10.5. The summed E-state index contributed by atoms with van der Waals surface area (Å²) in [6.45, 7) is 6.70. The van der Waals surface area contributed by atoms with Gasteiger partial charge in [-0.05, 0) is 44.1 Å². The van der Waals surface area contributed by atoms with Crippen molar-refractivity contribution in [2.45, 2.75) is 57.5 Å². The number of carbonyl (C=O) groups is 1. The van der Waals surface area contributed by atoms with Gasteiger partial charge >= 0.3 is 0 Å². The molecular weight excluding hydrogens is 278 g/mol. The molecule has 1 aromatic heterocycles. The molecule has 5 heteroatoms. The van der Waals surface area contributed by atoms with Gasteiger partial charge in [0.15, 0.2) is 0 Å². The third kappa shape index (κ3) is 2.91. The molecule has 1 amide bonds. The van der Waals surface area contributed by atoms with E-state index in [0.717, 1.165) is 57.5 Å². The Labute approximate surface area is 132 Å². The first kappa shape index (κ1) is 15.5. The van der Waals surface area contributed by atoms with Gasteiger partial charge in [0.2, 0.25) is 0 Å². The van der Waals surface area contributed by atoms with Crippen LogP contribution in [-0.4, -0.2) is 45.9 Å². The van der Waals surface area contributed by atoms with Crippen LogP contribution in [0.15, 0.2) is 6.07 Å². The maximum atomic E-state index is 12.8. The minimum absolute atomic E-state index is 0.0462. The second-order valence-corrected chi connectivity index (χ2v) is 7.01. The van der Waals surface area contributed by atoms with Crippen LogP contribution < -0.4 is 0 Å². The fourth-order valence-electron chi connectivity index (χ4n) is 3.65. The average molecular weight is 305 g/mol. The zero-order chi connectivity index (χ0) is 15.7. The van der Waals surface area contributed by atoms with E-state index in [2.05, 4.69) is 18.9 Å². The monoisotopic (exact) mass is 305 g/mol. The van der Waals surface area contributed by atoms with Crippen molar-refractivity contribution in [3.05, 3.63) is 17.5 Å². The Balaban J connectivity index is 1.72. The second kappa shape index (κ2) is 6.03. The number of amides is 1. The highest BCUT2D eigenvalue weighted by atomic mass is 16.5. The molecule has 3 rings (SSSR count). The van der Waals surface area contributed by atoms with Crippen LogP contribution in [0.4, 0.5) is 0 Å². The molecule has 0 aliphatic carbocycles. The van der Waals surface area contributed by atoms with Gasteiger partial charge in [-0.25, -0.2) is 0 Å². The molecular formula is C17H27N3O2. The van der Waals surface area contributed by atoms with Crippen LogP contribution in [-0.2, 0) is 11.8 Å². The maximum Gasteiger partial charge on any atom is 0.272 e. The molecule has 2 aliphatic heterocycles. The molecule has 1 aromatic rings. The molecule has 2 saturated heterocycles. The Kier molecular flexibility index (Phi) is 4.26. The van der Waals surface area contributed by atoms with Crippen LogP contribution >= 0.6 is 0 Å². The summed E-state index contributed by atoms with van der Waals surface area (Å²) in [5.74, 6) is 0.448. The van der Waals surface area contributed by atoms with Gasteiger partial charge in [0.05, 0.1) is 11.3 Å². The van der Waals surface area contributed by atoms with Crippen molar-refractivity contribution in [2.24, 2.45) is 7.05 Å². The number of aromatic nitrogens is 2. The Morgan fingerprint density at radius 2 is 2.05 bits per heavy atom. The highest BCUT2D eigenvalue weighted by molar-refractivity contribution is 5.92. The predicted octanol–water partition coefficient (Wildman–Crippen LogP) is 2.72. The molecule has 1 unspecified atom stereocenters. The summed E-state index contributed by atoms with van der Waals surface area (Å²) in [5.41, 5.74) is 1.73. The lowest BCUT2D eigenvalue weighted by Crippen LogP contribution is -2.35. The average Bonchev–Trinajstić information content (AvgIpc) is 3.03. The summed E-state index contributed by atoms with van der Waals surface area (Å²) >= 11 is 0. The van der Waals surface area contributed by atoms with Gasteiger partial charge in [-0.15, -0.1) is 0 Å². The van der Waals surface area contributed by atoms with Crippen molar-refractivity contribution in [3.8, 4) is 0 Å². The maximum absolute atomic E-state index is 12.8. The van der Waals surface area contributed by atoms with Gasteiger partial charge in [0.25, 0.3) is 5.91 Å². The van der Waals surface area contributed by atoms with Crippen molar-refractivity contribution >= 4 is 5.91 Å². The zero-order valence-corrected chi connectivity index (χ0v) is 14.0. The minimum Gasteiger partial charge on any atom is -0.375 e. The van der Waals surface area contributed by atoms with Crippen molar-refractivity contribution in [3.63, 3.8) is 0 Å². The van der Waals surface area contributed by atoms with Gasteiger partial charge in [-0.3, -0.25) is 9.48 Å². The second-order valence-electron chi connectivity index (χ2n) is 7.01. The summed E-state index contributed by atoms with van der Waals surface area (Å²) in [7, 11) is 1.86. The standard InChI is InChI=1S/C17H27N3O2/c1-13(2)14-12-15(19(3)18-14)16(21)20-9-4-6-17(8-10-20)7-5-11-22-17/h12-13H,4-11H2,1-3H3. The van der Waals surface area contributed by atoms with Crippen LogP contribution in [0.5, 0.6) is 0 Å². The van der Waals surface area contributed by atoms with Crippen LogP contribution in [0.2, 0.25) is 0 Å². The van der Waals surface area contributed by atoms with Gasteiger partial charge < -0.3 is 9.64 Å². The Hall–Kier alpha value is -1.36. The van der Waals surface area contributed by atoms with Crippen molar-refractivity contribution in [1.82, 2.24) is 14.7 Å². The van der Waals surface area contributed by atoms with E-state index < -0.39 is 0 Å². The Morgan fingerprint density at radius 3 is 2.68 bits per heavy atom. The summed E-state index contributed by atoms with van der Waals surface area (Å²) in [5, 5.41) is 4.46. The highest BCUT2D eigenvalue weighted by Crippen LogP contribution is 2.35. The summed E-state index contributed by atoms with van der Waals surface area (Å²) in [4.78, 5) is 14.8. The lowest BCUT2D eigenvalue weighted by molar-refractivity contribution is -0.00693. The van der Waals surface area contributed by atoms with E-state index in [1.165, 1.54) is 0 Å². The number of carbonyl (C=O) groups excluding carboxylic acids is 1. The normalized spacial score (nSPS) is 25.9. The van der Waals surface area contributed by atoms with Gasteiger partial charge in [-0.1, -0.05) is 13.8 Å². The topological polar surface area (TPSA) is 47.4 Å². The number of likely N-dealkylation sites (tertiary alicyclic amines) is 1. The smallest absolute Gasteiger partial charge is 0.272 e. The molecule has 0 N–H and O–H groups in total. The molecule has 0 radical (unpaired) electrons. The molecule has 22 heavy (non-hydrogen) atoms. The molecule has 2 fully saturated rings. The highest BCUT2D eigenvalue weighted by Gasteiger charge is 2.37. The third-order valence-corrected chi connectivity index (χ3v) is 5.08. The number of aryl methyl sites for hydroxylation is 1. The molecule has 5 nitrogen and oxygen atoms in total. The molecule has 1 spiro atoms. The molecule has 0 aromatic carbocycles. The number of rotatable bonds is 2. The fourth-order valence-corrected chi connectivity index (χ4v) is 3.65. The first-order valence-electron chi connectivity index (χ1n) is 8.48. The molecule has 1 atom stereocenters. The van der Waals surface area contributed by atoms with Crippen LogP contribution in [0.25, 0.3) is 0 Å². The van der Waals surface area contributed by atoms with E-state index >= 15 is 0 Å². The lowest BCUT2D eigenvalue weighted by Gasteiger charge is -2.26. The first-order valence-corrected chi connectivity index (χ1v) is 8.48. The van der Waals surface area contributed by atoms with Gasteiger partial charge in [0.1, 0.15) is 5.69 Å². The number of nitrogens with zero attached hydrogens (tertiary/aromatic N) is 3. The SMILES string of the molecule is CC(C)c1cc(C(=O)N2CCCC3(CCCO3)CC2)n(C)n1. The van der Waals surface area contributed by atoms with Gasteiger partial charge in [0, 0.05) is 26.7 Å². The van der Waals surface area contributed by atoms with Crippen molar-refractivity contribution in [1.29, 1.82) is 0 Å². The lowest BCUT2D eigenvalue weighted by atomic mass is 9.92. The molecule has 0 saturated carbocycles. The summed E-state index contributed by atoms with van der Waals surface area (Å²) in [6.07, 6.45) is 5.39. The van der Waals surface area contributed by atoms with Crippen molar-refractivity contribution < 1.29 is 9.53 Å². The Morgan fingerprint density at radius 1 is 1.27 bits per heavy atom. The largest absolute Gasteiger partial charge is 0.375 e. The molecule has 122 valence electrons.